The van der Waals surface area contributed by atoms with Gasteiger partial charge in [0.1, 0.15) is 0 Å². The van der Waals surface area contributed by atoms with Gasteiger partial charge in [0.2, 0.25) is 0 Å². The summed E-state index contributed by atoms with van der Waals surface area (Å²) in [7, 11) is 0. The molecule has 4 rings (SSSR count). The molecule has 5 heteroatoms. The van der Waals surface area contributed by atoms with Crippen LogP contribution in [0.4, 0.5) is 11.4 Å². The van der Waals surface area contributed by atoms with Crippen LogP contribution < -0.4 is 5.32 Å². The first kappa shape index (κ1) is 19.8. The molecule has 0 aliphatic heterocycles. The van der Waals surface area contributed by atoms with Gasteiger partial charge in [-0.25, -0.2) is 0 Å². The van der Waals surface area contributed by atoms with Crippen LogP contribution in [0.15, 0.2) is 77.9 Å². The van der Waals surface area contributed by atoms with Crippen LogP contribution in [0.1, 0.15) is 23.6 Å². The number of fused-ring (bicyclic) bond motifs is 1. The lowest BCUT2D eigenvalue weighted by Gasteiger charge is -2.09. The smallest absolute Gasteiger partial charge is 0.0992 e. The molecule has 3 aromatic carbocycles. The van der Waals surface area contributed by atoms with E-state index in [-0.39, 0.29) is 0 Å². The molecule has 0 atom stereocenters. The number of anilines is 2. The van der Waals surface area contributed by atoms with Crippen molar-refractivity contribution in [1.29, 1.82) is 5.26 Å². The molecule has 0 unspecified atom stereocenters. The predicted octanol–water partition coefficient (Wildman–Crippen LogP) is 6.49. The summed E-state index contributed by atoms with van der Waals surface area (Å²) in [5.74, 6) is 0. The highest BCUT2D eigenvalue weighted by Crippen LogP contribution is 2.23. The topological polar surface area (TPSA) is 64.0 Å². The average Bonchev–Trinajstić information content (AvgIpc) is 3.16. The van der Waals surface area contributed by atoms with Crippen LogP contribution in [0.2, 0.25) is 5.02 Å². The number of nitrogens with zero attached hydrogens (tertiary/aromatic N) is 2. The molecule has 0 radical (unpaired) electrons. The molecule has 30 heavy (non-hydrogen) atoms. The highest BCUT2D eigenvalue weighted by molar-refractivity contribution is 6.31. The minimum Gasteiger partial charge on any atom is -0.361 e. The van der Waals surface area contributed by atoms with Crippen molar-refractivity contribution >= 4 is 39.6 Å². The fraction of sp³-hybridized carbons (Fsp3) is 0.120. The monoisotopic (exact) mass is 412 g/mol. The molecule has 148 valence electrons. The van der Waals surface area contributed by atoms with Gasteiger partial charge in [-0.1, -0.05) is 29.8 Å². The summed E-state index contributed by atoms with van der Waals surface area (Å²) < 4.78 is 0. The van der Waals surface area contributed by atoms with Crippen molar-refractivity contribution in [2.24, 2.45) is 4.99 Å². The fourth-order valence-corrected chi connectivity index (χ4v) is 3.62. The van der Waals surface area contributed by atoms with Gasteiger partial charge in [0.15, 0.2) is 0 Å². The minimum atomic E-state index is 0.632. The van der Waals surface area contributed by atoms with Crippen LogP contribution in [-0.4, -0.2) is 17.2 Å². The highest BCUT2D eigenvalue weighted by Gasteiger charge is 2.05. The largest absolute Gasteiger partial charge is 0.361 e. The van der Waals surface area contributed by atoms with E-state index in [1.165, 1.54) is 5.56 Å². The lowest BCUT2D eigenvalue weighted by atomic mass is 10.1. The first-order valence-corrected chi connectivity index (χ1v) is 10.1. The van der Waals surface area contributed by atoms with Crippen molar-refractivity contribution in [1.82, 2.24) is 4.98 Å². The summed E-state index contributed by atoms with van der Waals surface area (Å²) in [4.78, 5) is 8.06. The van der Waals surface area contributed by atoms with E-state index in [0.717, 1.165) is 45.0 Å². The zero-order chi connectivity index (χ0) is 20.9. The van der Waals surface area contributed by atoms with Gasteiger partial charge in [0.25, 0.3) is 0 Å². The van der Waals surface area contributed by atoms with Gasteiger partial charge in [-0.05, 0) is 73.0 Å². The van der Waals surface area contributed by atoms with E-state index in [4.69, 9.17) is 21.9 Å². The lowest BCUT2D eigenvalue weighted by Crippen LogP contribution is -1.99. The van der Waals surface area contributed by atoms with Gasteiger partial charge in [-0.15, -0.1) is 0 Å². The van der Waals surface area contributed by atoms with Crippen LogP contribution in [0.25, 0.3) is 10.9 Å². The lowest BCUT2D eigenvalue weighted by molar-refractivity contribution is 0.974. The van der Waals surface area contributed by atoms with Crippen LogP contribution in [-0.2, 0) is 6.42 Å². The van der Waals surface area contributed by atoms with Gasteiger partial charge in [-0.3, -0.25) is 4.99 Å². The van der Waals surface area contributed by atoms with E-state index < -0.39 is 0 Å². The summed E-state index contributed by atoms with van der Waals surface area (Å²) >= 11 is 6.14. The number of rotatable bonds is 6. The van der Waals surface area contributed by atoms with Crippen LogP contribution in [0, 0.1) is 11.3 Å². The summed E-state index contributed by atoms with van der Waals surface area (Å²) in [5, 5.41) is 14.3. The van der Waals surface area contributed by atoms with E-state index in [1.54, 1.807) is 6.07 Å². The summed E-state index contributed by atoms with van der Waals surface area (Å²) in [6.07, 6.45) is 2.88. The summed E-state index contributed by atoms with van der Waals surface area (Å²) in [5.41, 5.74) is 6.85. The Morgan fingerprint density at radius 3 is 2.70 bits per heavy atom. The summed E-state index contributed by atoms with van der Waals surface area (Å²) in [6.45, 7) is 2.73. The molecule has 0 amide bonds. The van der Waals surface area contributed by atoms with Crippen molar-refractivity contribution in [3.8, 4) is 6.07 Å². The van der Waals surface area contributed by atoms with E-state index in [2.05, 4.69) is 28.5 Å². The second-order valence-electron chi connectivity index (χ2n) is 7.12. The zero-order valence-electron chi connectivity index (χ0n) is 16.6. The van der Waals surface area contributed by atoms with Gasteiger partial charge in [-0.2, -0.15) is 5.26 Å². The minimum absolute atomic E-state index is 0.632. The molecule has 4 nitrogen and oxygen atoms in total. The quantitative estimate of drug-likeness (QED) is 0.355. The second-order valence-corrected chi connectivity index (χ2v) is 7.56. The predicted molar refractivity (Wildman–Crippen MR) is 125 cm³/mol. The Morgan fingerprint density at radius 1 is 1.07 bits per heavy atom. The molecule has 1 aromatic heterocycles. The molecule has 0 saturated carbocycles. The number of hydrogen-bond acceptors (Lipinski definition) is 3. The Kier molecular flexibility index (Phi) is 5.83. The molecule has 4 aromatic rings. The van der Waals surface area contributed by atoms with Gasteiger partial charge in [0.05, 0.1) is 11.6 Å². The third-order valence-corrected chi connectivity index (χ3v) is 5.26. The number of H-pyrrole nitrogens is 1. The Hall–Kier alpha value is -3.55. The van der Waals surface area contributed by atoms with E-state index in [0.29, 0.717) is 12.1 Å². The molecule has 0 aliphatic carbocycles. The van der Waals surface area contributed by atoms with Gasteiger partial charge < -0.3 is 10.3 Å². The van der Waals surface area contributed by atoms with Gasteiger partial charge in [0, 0.05) is 45.8 Å². The number of benzene rings is 3. The van der Waals surface area contributed by atoms with E-state index in [1.807, 2.05) is 61.7 Å². The number of nitriles is 1. The number of aromatic nitrogens is 1. The second kappa shape index (κ2) is 8.86. The Morgan fingerprint density at radius 2 is 1.87 bits per heavy atom. The molecule has 0 spiro atoms. The average molecular weight is 413 g/mol. The Labute approximate surface area is 180 Å². The number of halogens is 1. The SMILES string of the molecule is CC(=NCCc1c[nH]c2ccc(Cl)cc12)c1cccc(Nc2cccc(C#N)c2)c1. The Balaban J connectivity index is 1.45. The third kappa shape index (κ3) is 4.53. The molecular formula is C25H21ClN4. The van der Waals surface area contributed by atoms with Crippen molar-refractivity contribution < 1.29 is 0 Å². The first-order chi connectivity index (χ1) is 14.6. The maximum atomic E-state index is 9.07. The highest BCUT2D eigenvalue weighted by atomic mass is 35.5. The molecule has 0 fully saturated rings. The maximum absolute atomic E-state index is 9.07. The van der Waals surface area contributed by atoms with Crippen LogP contribution in [0.3, 0.4) is 0 Å². The zero-order valence-corrected chi connectivity index (χ0v) is 17.4. The third-order valence-electron chi connectivity index (χ3n) is 5.02. The molecule has 0 bridgehead atoms. The van der Waals surface area contributed by atoms with E-state index >= 15 is 0 Å². The molecular weight excluding hydrogens is 392 g/mol. The first-order valence-electron chi connectivity index (χ1n) is 9.76. The standard InChI is InChI=1S/C25H21ClN4/c1-17(28-11-10-20-16-29-25-9-8-21(26)14-24(20)25)19-5-3-7-23(13-19)30-22-6-2-4-18(12-22)15-27/h2-9,12-14,16,29-30H,10-11H2,1H3. The Bertz CT molecular complexity index is 1260. The number of hydrogen-bond donors (Lipinski definition) is 2. The summed E-state index contributed by atoms with van der Waals surface area (Å²) in [6, 6.07) is 23.6. The number of nitrogens with one attached hydrogen (secondary N) is 2. The van der Waals surface area contributed by atoms with Crippen molar-refractivity contribution in [2.45, 2.75) is 13.3 Å². The number of aliphatic imine (C=N–C) groups is 1. The number of aromatic amines is 1. The van der Waals surface area contributed by atoms with Crippen molar-refractivity contribution in [2.75, 3.05) is 11.9 Å². The maximum Gasteiger partial charge on any atom is 0.0992 e. The molecule has 0 aliphatic rings. The van der Waals surface area contributed by atoms with Crippen LogP contribution in [0.5, 0.6) is 0 Å². The molecule has 2 N–H and O–H groups in total. The van der Waals surface area contributed by atoms with Crippen molar-refractivity contribution in [3.05, 3.63) is 94.6 Å². The molecule has 1 heterocycles. The van der Waals surface area contributed by atoms with Crippen LogP contribution >= 0.6 is 11.6 Å². The molecule has 0 saturated heterocycles. The van der Waals surface area contributed by atoms with E-state index in [9.17, 15) is 0 Å². The van der Waals surface area contributed by atoms with Gasteiger partial charge >= 0.3 is 0 Å². The fourth-order valence-electron chi connectivity index (χ4n) is 3.45. The van der Waals surface area contributed by atoms with Crippen molar-refractivity contribution in [3.63, 3.8) is 0 Å². The normalized spacial score (nSPS) is 11.4.